The third-order valence-corrected chi connectivity index (χ3v) is 5.00. The van der Waals surface area contributed by atoms with Gasteiger partial charge in [-0.2, -0.15) is 13.2 Å². The Bertz CT molecular complexity index is 870. The second kappa shape index (κ2) is 10.8. The van der Waals surface area contributed by atoms with Gasteiger partial charge in [0.2, 0.25) is 11.8 Å². The van der Waals surface area contributed by atoms with Crippen molar-refractivity contribution >= 4 is 23.2 Å². The van der Waals surface area contributed by atoms with Crippen LogP contribution in [0, 0.1) is 10.1 Å². The van der Waals surface area contributed by atoms with Crippen molar-refractivity contribution in [1.82, 2.24) is 15.1 Å². The number of nitrogens with one attached hydrogen (secondary N) is 2. The van der Waals surface area contributed by atoms with Crippen LogP contribution in [0.2, 0.25) is 0 Å². The molecule has 33 heavy (non-hydrogen) atoms. The van der Waals surface area contributed by atoms with E-state index in [9.17, 15) is 32.9 Å². The third-order valence-electron chi connectivity index (χ3n) is 5.00. The van der Waals surface area contributed by atoms with Crippen molar-refractivity contribution in [2.45, 2.75) is 45.3 Å². The molecule has 0 spiro atoms. The molecular formula is C21H30F3N5O4. The predicted molar refractivity (Wildman–Crippen MR) is 117 cm³/mol. The lowest BCUT2D eigenvalue weighted by atomic mass is 10.1. The second-order valence-electron chi connectivity index (χ2n) is 8.97. The SMILES string of the molecule is CC(C)(C)NC(=O)CN1CCCN(C(=O)CCNc2ccc(C(F)(F)F)cc2[N+](=O)[O-])CC1. The number of nitrogens with zero attached hydrogens (tertiary/aromatic N) is 3. The maximum atomic E-state index is 12.8. The minimum Gasteiger partial charge on any atom is -0.379 e. The molecule has 0 bridgehead atoms. The molecule has 1 heterocycles. The van der Waals surface area contributed by atoms with E-state index >= 15 is 0 Å². The molecule has 1 aliphatic heterocycles. The number of benzene rings is 1. The van der Waals surface area contributed by atoms with Gasteiger partial charge in [-0.3, -0.25) is 24.6 Å². The zero-order chi connectivity index (χ0) is 24.8. The fraction of sp³-hybridized carbons (Fsp3) is 0.619. The average molecular weight is 473 g/mol. The minimum atomic E-state index is -4.69. The Morgan fingerprint density at radius 3 is 2.42 bits per heavy atom. The molecule has 0 aliphatic carbocycles. The van der Waals surface area contributed by atoms with E-state index in [0.29, 0.717) is 38.7 Å². The smallest absolute Gasteiger partial charge is 0.379 e. The first-order chi connectivity index (χ1) is 15.3. The fourth-order valence-corrected chi connectivity index (χ4v) is 3.51. The van der Waals surface area contributed by atoms with Crippen molar-refractivity contribution in [3.05, 3.63) is 33.9 Å². The van der Waals surface area contributed by atoms with Gasteiger partial charge in [0, 0.05) is 50.7 Å². The third kappa shape index (κ3) is 8.52. The maximum Gasteiger partial charge on any atom is 0.416 e. The maximum absolute atomic E-state index is 12.8. The van der Waals surface area contributed by atoms with Gasteiger partial charge in [-0.1, -0.05) is 0 Å². The van der Waals surface area contributed by atoms with Gasteiger partial charge in [0.05, 0.1) is 17.0 Å². The highest BCUT2D eigenvalue weighted by Crippen LogP contribution is 2.34. The normalized spacial score (nSPS) is 15.6. The van der Waals surface area contributed by atoms with Gasteiger partial charge in [0.25, 0.3) is 5.69 Å². The van der Waals surface area contributed by atoms with Crippen molar-refractivity contribution in [3.63, 3.8) is 0 Å². The predicted octanol–water partition coefficient (Wildman–Crippen LogP) is 2.86. The number of nitro groups is 1. The lowest BCUT2D eigenvalue weighted by Crippen LogP contribution is -2.46. The Labute approximate surface area is 190 Å². The Balaban J connectivity index is 1.86. The number of carbonyl (C=O) groups excluding carboxylic acids is 2. The van der Waals surface area contributed by atoms with Gasteiger partial charge in [-0.05, 0) is 39.3 Å². The van der Waals surface area contributed by atoms with Crippen LogP contribution in [0.4, 0.5) is 24.5 Å². The summed E-state index contributed by atoms with van der Waals surface area (Å²) in [5.74, 6) is -0.248. The summed E-state index contributed by atoms with van der Waals surface area (Å²) in [6, 6.07) is 2.23. The fourth-order valence-electron chi connectivity index (χ4n) is 3.51. The summed E-state index contributed by atoms with van der Waals surface area (Å²) in [6.45, 7) is 8.19. The standard InChI is InChI=1S/C21H30F3N5O4/c1-20(2,3)26-18(30)14-27-9-4-10-28(12-11-27)19(31)7-8-25-16-6-5-15(21(22,23)24)13-17(16)29(32)33/h5-6,13,25H,4,7-12,14H2,1-3H3,(H,26,30). The summed E-state index contributed by atoms with van der Waals surface area (Å²) in [5.41, 5.74) is -2.20. The Kier molecular flexibility index (Phi) is 8.64. The first-order valence-electron chi connectivity index (χ1n) is 10.7. The summed E-state index contributed by atoms with van der Waals surface area (Å²) in [6.07, 6.45) is -3.96. The van der Waals surface area contributed by atoms with Crippen LogP contribution in [0.1, 0.15) is 39.2 Å². The number of rotatable bonds is 7. The van der Waals surface area contributed by atoms with Crippen LogP contribution >= 0.6 is 0 Å². The topological polar surface area (TPSA) is 108 Å². The van der Waals surface area contributed by atoms with E-state index in [2.05, 4.69) is 10.6 Å². The van der Waals surface area contributed by atoms with Crippen LogP contribution < -0.4 is 10.6 Å². The molecule has 0 saturated carbocycles. The second-order valence-corrected chi connectivity index (χ2v) is 8.97. The molecule has 2 rings (SSSR count). The molecule has 1 fully saturated rings. The zero-order valence-corrected chi connectivity index (χ0v) is 19.0. The molecule has 2 amide bonds. The Morgan fingerprint density at radius 2 is 1.82 bits per heavy atom. The number of halogens is 3. The molecule has 0 atom stereocenters. The first-order valence-corrected chi connectivity index (χ1v) is 10.7. The summed E-state index contributed by atoms with van der Waals surface area (Å²) < 4.78 is 38.4. The molecule has 2 N–H and O–H groups in total. The van der Waals surface area contributed by atoms with Crippen molar-refractivity contribution in [3.8, 4) is 0 Å². The largest absolute Gasteiger partial charge is 0.416 e. The van der Waals surface area contributed by atoms with E-state index in [4.69, 9.17) is 0 Å². The Morgan fingerprint density at radius 1 is 1.12 bits per heavy atom. The van der Waals surface area contributed by atoms with E-state index in [1.54, 1.807) is 4.90 Å². The van der Waals surface area contributed by atoms with Gasteiger partial charge in [0.15, 0.2) is 0 Å². The van der Waals surface area contributed by atoms with Crippen LogP contribution in [0.15, 0.2) is 18.2 Å². The van der Waals surface area contributed by atoms with E-state index < -0.39 is 22.4 Å². The molecule has 1 aromatic carbocycles. The molecule has 1 aliphatic rings. The molecule has 0 radical (unpaired) electrons. The van der Waals surface area contributed by atoms with E-state index in [0.717, 1.165) is 12.1 Å². The number of carbonyl (C=O) groups is 2. The van der Waals surface area contributed by atoms with Gasteiger partial charge in [-0.15, -0.1) is 0 Å². The first kappa shape index (κ1) is 26.4. The number of anilines is 1. The monoisotopic (exact) mass is 473 g/mol. The van der Waals surface area contributed by atoms with Gasteiger partial charge in [0.1, 0.15) is 5.69 Å². The number of alkyl halides is 3. The number of hydrogen-bond donors (Lipinski definition) is 2. The van der Waals surface area contributed by atoms with E-state index in [1.807, 2.05) is 25.7 Å². The zero-order valence-electron chi connectivity index (χ0n) is 19.0. The van der Waals surface area contributed by atoms with Gasteiger partial charge >= 0.3 is 6.18 Å². The van der Waals surface area contributed by atoms with Crippen molar-refractivity contribution < 1.29 is 27.7 Å². The summed E-state index contributed by atoms with van der Waals surface area (Å²) in [7, 11) is 0. The van der Waals surface area contributed by atoms with Crippen LogP contribution in [0.25, 0.3) is 0 Å². The summed E-state index contributed by atoms with van der Waals surface area (Å²) in [5, 5.41) is 16.8. The summed E-state index contributed by atoms with van der Waals surface area (Å²) in [4.78, 5) is 38.6. The number of amides is 2. The molecular weight excluding hydrogens is 443 g/mol. The molecule has 0 aromatic heterocycles. The Hall–Kier alpha value is -2.89. The average Bonchev–Trinajstić information content (AvgIpc) is 2.91. The molecule has 1 aromatic rings. The molecule has 12 heteroatoms. The molecule has 1 saturated heterocycles. The summed E-state index contributed by atoms with van der Waals surface area (Å²) >= 11 is 0. The van der Waals surface area contributed by atoms with Crippen molar-refractivity contribution in [1.29, 1.82) is 0 Å². The van der Waals surface area contributed by atoms with Crippen molar-refractivity contribution in [2.75, 3.05) is 44.6 Å². The van der Waals surface area contributed by atoms with Gasteiger partial charge < -0.3 is 15.5 Å². The highest BCUT2D eigenvalue weighted by atomic mass is 19.4. The quantitative estimate of drug-likeness (QED) is 0.466. The van der Waals surface area contributed by atoms with E-state index in [-0.39, 0.29) is 42.6 Å². The minimum absolute atomic E-state index is 0.0304. The lowest BCUT2D eigenvalue weighted by molar-refractivity contribution is -0.384. The molecule has 9 nitrogen and oxygen atoms in total. The number of hydrogen-bond acceptors (Lipinski definition) is 6. The van der Waals surface area contributed by atoms with Crippen LogP contribution in [-0.2, 0) is 15.8 Å². The van der Waals surface area contributed by atoms with Gasteiger partial charge in [-0.25, -0.2) is 0 Å². The van der Waals surface area contributed by atoms with E-state index in [1.165, 1.54) is 0 Å². The van der Waals surface area contributed by atoms with Crippen LogP contribution in [0.5, 0.6) is 0 Å². The molecule has 184 valence electrons. The highest BCUT2D eigenvalue weighted by Gasteiger charge is 2.33. The van der Waals surface area contributed by atoms with Crippen LogP contribution in [0.3, 0.4) is 0 Å². The highest BCUT2D eigenvalue weighted by molar-refractivity contribution is 5.79. The van der Waals surface area contributed by atoms with Crippen LogP contribution in [-0.4, -0.2) is 71.3 Å². The molecule has 0 unspecified atom stereocenters. The van der Waals surface area contributed by atoms with Crippen molar-refractivity contribution in [2.24, 2.45) is 0 Å². The number of nitro benzene ring substituents is 1. The lowest BCUT2D eigenvalue weighted by Gasteiger charge is -2.25.